The largest absolute Gasteiger partial charge is 0.317 e. The van der Waals surface area contributed by atoms with E-state index in [0.717, 1.165) is 41.1 Å². The van der Waals surface area contributed by atoms with Crippen LogP contribution in [0.4, 0.5) is 0 Å². The predicted octanol–water partition coefficient (Wildman–Crippen LogP) is 3.76. The molecule has 1 N–H and O–H groups in total. The van der Waals surface area contributed by atoms with Gasteiger partial charge in [-0.25, -0.2) is 4.98 Å². The topological polar surface area (TPSA) is 29.9 Å². The van der Waals surface area contributed by atoms with Crippen LogP contribution in [-0.4, -0.2) is 22.6 Å². The molecule has 2 heterocycles. The SMILES string of the molecule is Clc1ccc(Br)c(-n2cncc2C2CCNCC2)c1. The lowest BCUT2D eigenvalue weighted by molar-refractivity contribution is 0.449. The Balaban J connectivity index is 2.01. The van der Waals surface area contributed by atoms with Gasteiger partial charge < -0.3 is 9.88 Å². The van der Waals surface area contributed by atoms with Crippen molar-refractivity contribution in [1.82, 2.24) is 14.9 Å². The second kappa shape index (κ2) is 5.65. The van der Waals surface area contributed by atoms with Gasteiger partial charge in [0.15, 0.2) is 0 Å². The van der Waals surface area contributed by atoms with Gasteiger partial charge in [0.1, 0.15) is 0 Å². The van der Waals surface area contributed by atoms with Crippen LogP contribution in [0.1, 0.15) is 24.5 Å². The lowest BCUT2D eigenvalue weighted by Gasteiger charge is -2.24. The van der Waals surface area contributed by atoms with E-state index < -0.39 is 0 Å². The molecule has 3 nitrogen and oxygen atoms in total. The highest BCUT2D eigenvalue weighted by molar-refractivity contribution is 9.10. The normalized spacial score (nSPS) is 16.7. The van der Waals surface area contributed by atoms with E-state index in [1.54, 1.807) is 0 Å². The monoisotopic (exact) mass is 339 g/mol. The van der Waals surface area contributed by atoms with Gasteiger partial charge in [0, 0.05) is 27.3 Å². The van der Waals surface area contributed by atoms with Crippen LogP contribution in [0.3, 0.4) is 0 Å². The van der Waals surface area contributed by atoms with Gasteiger partial charge in [-0.15, -0.1) is 0 Å². The molecule has 1 aliphatic heterocycles. The summed E-state index contributed by atoms with van der Waals surface area (Å²) in [6, 6.07) is 5.83. The molecule has 0 radical (unpaired) electrons. The summed E-state index contributed by atoms with van der Waals surface area (Å²) in [4.78, 5) is 4.32. The van der Waals surface area contributed by atoms with Crippen LogP contribution in [0.5, 0.6) is 0 Å². The third kappa shape index (κ3) is 2.71. The van der Waals surface area contributed by atoms with Crippen molar-refractivity contribution < 1.29 is 0 Å². The summed E-state index contributed by atoms with van der Waals surface area (Å²) in [6.45, 7) is 2.15. The number of nitrogens with one attached hydrogen (secondary N) is 1. The Bertz CT molecular complexity index is 576. The van der Waals surface area contributed by atoms with Gasteiger partial charge in [0.05, 0.1) is 12.0 Å². The Morgan fingerprint density at radius 2 is 2.11 bits per heavy atom. The zero-order valence-corrected chi connectivity index (χ0v) is 12.8. The summed E-state index contributed by atoms with van der Waals surface area (Å²) in [5, 5.41) is 4.14. The van der Waals surface area contributed by atoms with Crippen molar-refractivity contribution >= 4 is 27.5 Å². The fourth-order valence-corrected chi connectivity index (χ4v) is 3.20. The van der Waals surface area contributed by atoms with E-state index >= 15 is 0 Å². The number of rotatable bonds is 2. The maximum absolute atomic E-state index is 6.11. The molecular formula is C14H15BrClN3. The summed E-state index contributed by atoms with van der Waals surface area (Å²) >= 11 is 9.70. The molecule has 100 valence electrons. The molecule has 1 fully saturated rings. The molecule has 2 aromatic rings. The minimum Gasteiger partial charge on any atom is -0.317 e. The number of aromatic nitrogens is 2. The summed E-state index contributed by atoms with van der Waals surface area (Å²) < 4.78 is 3.18. The van der Waals surface area contributed by atoms with Crippen molar-refractivity contribution in [2.24, 2.45) is 0 Å². The zero-order valence-electron chi connectivity index (χ0n) is 10.4. The van der Waals surface area contributed by atoms with E-state index in [4.69, 9.17) is 11.6 Å². The van der Waals surface area contributed by atoms with Crippen LogP contribution < -0.4 is 5.32 Å². The molecule has 19 heavy (non-hydrogen) atoms. The quantitative estimate of drug-likeness (QED) is 0.902. The molecule has 0 aliphatic carbocycles. The lowest BCUT2D eigenvalue weighted by Crippen LogP contribution is -2.27. The molecule has 0 unspecified atom stereocenters. The van der Waals surface area contributed by atoms with Gasteiger partial charge in [0.2, 0.25) is 0 Å². The van der Waals surface area contributed by atoms with Gasteiger partial charge >= 0.3 is 0 Å². The van der Waals surface area contributed by atoms with Crippen molar-refractivity contribution in [2.75, 3.05) is 13.1 Å². The molecule has 1 aromatic carbocycles. The van der Waals surface area contributed by atoms with Crippen molar-refractivity contribution in [2.45, 2.75) is 18.8 Å². The fourth-order valence-electron chi connectivity index (χ4n) is 2.60. The van der Waals surface area contributed by atoms with Crippen LogP contribution in [0.25, 0.3) is 5.69 Å². The van der Waals surface area contributed by atoms with Gasteiger partial charge in [0.25, 0.3) is 0 Å². The van der Waals surface area contributed by atoms with Crippen molar-refractivity contribution in [1.29, 1.82) is 0 Å². The average Bonchev–Trinajstić information content (AvgIpc) is 2.91. The molecule has 0 atom stereocenters. The molecule has 0 saturated carbocycles. The van der Waals surface area contributed by atoms with E-state index in [-0.39, 0.29) is 0 Å². The molecule has 1 aromatic heterocycles. The average molecular weight is 341 g/mol. The second-order valence-electron chi connectivity index (χ2n) is 4.81. The summed E-state index contributed by atoms with van der Waals surface area (Å²) in [7, 11) is 0. The minimum atomic E-state index is 0.564. The van der Waals surface area contributed by atoms with Crippen LogP contribution in [0.15, 0.2) is 35.2 Å². The van der Waals surface area contributed by atoms with Gasteiger partial charge in [-0.2, -0.15) is 0 Å². The molecule has 3 rings (SSSR count). The Hall–Kier alpha value is -0.840. The first-order valence-electron chi connectivity index (χ1n) is 6.44. The highest BCUT2D eigenvalue weighted by Gasteiger charge is 2.20. The van der Waals surface area contributed by atoms with E-state index in [0.29, 0.717) is 5.92 Å². The highest BCUT2D eigenvalue weighted by atomic mass is 79.9. The highest BCUT2D eigenvalue weighted by Crippen LogP contribution is 2.31. The molecule has 0 spiro atoms. The number of halogens is 2. The van der Waals surface area contributed by atoms with Crippen LogP contribution >= 0.6 is 27.5 Å². The zero-order chi connectivity index (χ0) is 13.2. The number of hydrogen-bond donors (Lipinski definition) is 1. The van der Waals surface area contributed by atoms with Crippen LogP contribution in [0, 0.1) is 0 Å². The molecule has 5 heteroatoms. The molecular weight excluding hydrogens is 326 g/mol. The van der Waals surface area contributed by atoms with Crippen molar-refractivity contribution in [3.8, 4) is 5.69 Å². The number of benzene rings is 1. The van der Waals surface area contributed by atoms with Gasteiger partial charge in [-0.3, -0.25) is 0 Å². The number of nitrogens with zero attached hydrogens (tertiary/aromatic N) is 2. The summed E-state index contributed by atoms with van der Waals surface area (Å²) in [5.74, 6) is 0.564. The lowest BCUT2D eigenvalue weighted by atomic mass is 9.95. The van der Waals surface area contributed by atoms with Crippen molar-refractivity contribution in [3.05, 3.63) is 45.9 Å². The van der Waals surface area contributed by atoms with Crippen LogP contribution in [0.2, 0.25) is 5.02 Å². The summed E-state index contributed by atoms with van der Waals surface area (Å²) in [6.07, 6.45) is 6.16. The van der Waals surface area contributed by atoms with E-state index in [1.807, 2.05) is 30.7 Å². The first kappa shape index (κ1) is 13.2. The van der Waals surface area contributed by atoms with Gasteiger partial charge in [-0.1, -0.05) is 11.6 Å². The number of piperidine rings is 1. The van der Waals surface area contributed by atoms with Crippen LogP contribution in [-0.2, 0) is 0 Å². The fraction of sp³-hybridized carbons (Fsp3) is 0.357. The number of imidazole rings is 1. The third-order valence-corrected chi connectivity index (χ3v) is 4.50. The smallest absolute Gasteiger partial charge is 0.0994 e. The molecule has 0 amide bonds. The number of hydrogen-bond acceptors (Lipinski definition) is 2. The predicted molar refractivity (Wildman–Crippen MR) is 81.1 cm³/mol. The van der Waals surface area contributed by atoms with E-state index in [1.165, 1.54) is 5.69 Å². The first-order chi connectivity index (χ1) is 9.25. The maximum Gasteiger partial charge on any atom is 0.0994 e. The van der Waals surface area contributed by atoms with E-state index in [9.17, 15) is 0 Å². The minimum absolute atomic E-state index is 0.564. The molecule has 0 bridgehead atoms. The molecule has 1 aliphatic rings. The maximum atomic E-state index is 6.11. The van der Waals surface area contributed by atoms with E-state index in [2.05, 4.69) is 30.8 Å². The van der Waals surface area contributed by atoms with Crippen molar-refractivity contribution in [3.63, 3.8) is 0 Å². The standard InChI is InChI=1S/C14H15BrClN3/c15-12-2-1-11(16)7-13(12)19-9-18-8-14(19)10-3-5-17-6-4-10/h1-2,7-10,17H,3-6H2. The molecule has 1 saturated heterocycles. The first-order valence-corrected chi connectivity index (χ1v) is 7.61. The Morgan fingerprint density at radius 3 is 2.89 bits per heavy atom. The second-order valence-corrected chi connectivity index (χ2v) is 6.10. The van der Waals surface area contributed by atoms with Gasteiger partial charge in [-0.05, 0) is 60.1 Å². The Labute approximate surface area is 126 Å². The Kier molecular flexibility index (Phi) is 3.91. The summed E-state index contributed by atoms with van der Waals surface area (Å²) in [5.41, 5.74) is 2.32. The third-order valence-electron chi connectivity index (χ3n) is 3.59. The Morgan fingerprint density at radius 1 is 1.32 bits per heavy atom.